The van der Waals surface area contributed by atoms with Crippen LogP contribution in [0.25, 0.3) is 0 Å². The number of ether oxygens (including phenoxy) is 1. The van der Waals surface area contributed by atoms with Gasteiger partial charge in [-0.05, 0) is 63.8 Å². The SMILES string of the molecule is CC(C)(C)S(=O)(=O)N1CC(N2CCCc3cc(Cl)ccc32)CC12COC2. The quantitative estimate of drug-likeness (QED) is 0.768. The highest BCUT2D eigenvalue weighted by Gasteiger charge is 2.58. The van der Waals surface area contributed by atoms with E-state index in [0.717, 1.165) is 30.8 Å². The molecule has 1 aromatic rings. The van der Waals surface area contributed by atoms with E-state index >= 15 is 0 Å². The summed E-state index contributed by atoms with van der Waals surface area (Å²) in [5.74, 6) is 0. The molecule has 1 atom stereocenters. The first-order chi connectivity index (χ1) is 12.1. The Balaban J connectivity index is 1.67. The van der Waals surface area contributed by atoms with Crippen molar-refractivity contribution in [3.8, 4) is 0 Å². The number of fused-ring (bicyclic) bond motifs is 1. The summed E-state index contributed by atoms with van der Waals surface area (Å²) in [5, 5.41) is 0.762. The fraction of sp³-hybridized carbons (Fsp3) is 0.684. The molecule has 0 N–H and O–H groups in total. The molecule has 144 valence electrons. The van der Waals surface area contributed by atoms with E-state index in [1.54, 1.807) is 25.1 Å². The van der Waals surface area contributed by atoms with Gasteiger partial charge in [-0.3, -0.25) is 0 Å². The van der Waals surface area contributed by atoms with E-state index in [-0.39, 0.29) is 11.6 Å². The van der Waals surface area contributed by atoms with Gasteiger partial charge in [0.05, 0.1) is 23.5 Å². The Bertz CT molecular complexity index is 815. The summed E-state index contributed by atoms with van der Waals surface area (Å²) in [5.41, 5.74) is 2.09. The maximum Gasteiger partial charge on any atom is 0.219 e. The minimum atomic E-state index is -3.39. The second kappa shape index (κ2) is 6.09. The van der Waals surface area contributed by atoms with Gasteiger partial charge in [-0.25, -0.2) is 8.42 Å². The molecule has 2 saturated heterocycles. The molecule has 0 bridgehead atoms. The molecule has 3 aliphatic heterocycles. The zero-order chi connectivity index (χ0) is 18.7. The third-order valence-electron chi connectivity index (χ3n) is 5.96. The van der Waals surface area contributed by atoms with E-state index in [4.69, 9.17) is 16.3 Å². The molecule has 26 heavy (non-hydrogen) atoms. The summed E-state index contributed by atoms with van der Waals surface area (Å²) in [6.45, 7) is 7.83. The van der Waals surface area contributed by atoms with Crippen LogP contribution in [0.5, 0.6) is 0 Å². The average molecular weight is 399 g/mol. The highest BCUT2D eigenvalue weighted by molar-refractivity contribution is 7.90. The molecule has 0 aliphatic carbocycles. The lowest BCUT2D eigenvalue weighted by atomic mass is 9.92. The van der Waals surface area contributed by atoms with E-state index in [1.807, 2.05) is 12.1 Å². The van der Waals surface area contributed by atoms with Crippen molar-refractivity contribution in [3.63, 3.8) is 0 Å². The van der Waals surface area contributed by atoms with Crippen LogP contribution in [0.3, 0.4) is 0 Å². The topological polar surface area (TPSA) is 49.9 Å². The van der Waals surface area contributed by atoms with Gasteiger partial charge < -0.3 is 9.64 Å². The van der Waals surface area contributed by atoms with Gasteiger partial charge >= 0.3 is 0 Å². The third kappa shape index (κ3) is 2.77. The monoisotopic (exact) mass is 398 g/mol. The normalized spacial score (nSPS) is 26.0. The molecular formula is C19H27ClN2O3S. The average Bonchev–Trinajstić information content (AvgIpc) is 2.94. The third-order valence-corrected chi connectivity index (χ3v) is 8.86. The summed E-state index contributed by atoms with van der Waals surface area (Å²) in [6, 6.07) is 6.24. The van der Waals surface area contributed by atoms with E-state index in [9.17, 15) is 8.42 Å². The first-order valence-electron chi connectivity index (χ1n) is 9.29. The number of benzene rings is 1. The van der Waals surface area contributed by atoms with Gasteiger partial charge in [0.1, 0.15) is 0 Å². The van der Waals surface area contributed by atoms with Gasteiger partial charge in [0.2, 0.25) is 10.0 Å². The Hall–Kier alpha value is -0.820. The fourth-order valence-electron chi connectivity index (χ4n) is 4.46. The summed E-state index contributed by atoms with van der Waals surface area (Å²) in [6.07, 6.45) is 2.92. The van der Waals surface area contributed by atoms with Crippen molar-refractivity contribution in [1.29, 1.82) is 0 Å². The van der Waals surface area contributed by atoms with E-state index in [2.05, 4.69) is 11.0 Å². The van der Waals surface area contributed by atoms with Crippen LogP contribution in [-0.4, -0.2) is 55.4 Å². The lowest BCUT2D eigenvalue weighted by molar-refractivity contribution is -0.0968. The van der Waals surface area contributed by atoms with Crippen LogP contribution in [0, 0.1) is 0 Å². The number of anilines is 1. The second-order valence-corrected chi connectivity index (χ2v) is 11.8. The van der Waals surface area contributed by atoms with Crippen LogP contribution < -0.4 is 4.90 Å². The standard InChI is InChI=1S/C19H27ClN2O3S/c1-18(2,3)26(23,24)22-11-16(10-19(22)12-25-13-19)21-8-4-5-14-9-15(20)6-7-17(14)21/h6-7,9,16H,4-5,8,10-13H2,1-3H3. The molecule has 0 aromatic heterocycles. The van der Waals surface area contributed by atoms with Gasteiger partial charge in [-0.15, -0.1) is 0 Å². The van der Waals surface area contributed by atoms with Crippen molar-refractivity contribution in [3.05, 3.63) is 28.8 Å². The van der Waals surface area contributed by atoms with Gasteiger partial charge in [-0.1, -0.05) is 11.6 Å². The van der Waals surface area contributed by atoms with Crippen LogP contribution in [0.1, 0.15) is 39.2 Å². The molecule has 0 saturated carbocycles. The minimum Gasteiger partial charge on any atom is -0.377 e. The van der Waals surface area contributed by atoms with Gasteiger partial charge in [0.15, 0.2) is 0 Å². The summed E-state index contributed by atoms with van der Waals surface area (Å²) < 4.78 is 32.8. The number of rotatable bonds is 2. The van der Waals surface area contributed by atoms with E-state index in [0.29, 0.717) is 19.8 Å². The smallest absolute Gasteiger partial charge is 0.219 e. The molecule has 1 spiro atoms. The molecule has 2 fully saturated rings. The Morgan fingerprint density at radius 1 is 1.27 bits per heavy atom. The number of hydrogen-bond acceptors (Lipinski definition) is 4. The first kappa shape index (κ1) is 18.5. The Morgan fingerprint density at radius 2 is 2.00 bits per heavy atom. The van der Waals surface area contributed by atoms with Gasteiger partial charge in [0, 0.05) is 29.8 Å². The van der Waals surface area contributed by atoms with Crippen molar-refractivity contribution >= 4 is 27.3 Å². The van der Waals surface area contributed by atoms with Crippen LogP contribution in [0.15, 0.2) is 18.2 Å². The molecule has 4 rings (SSSR count). The molecule has 1 aromatic carbocycles. The first-order valence-corrected chi connectivity index (χ1v) is 11.1. The number of hydrogen-bond donors (Lipinski definition) is 0. The van der Waals surface area contributed by atoms with Crippen molar-refractivity contribution in [2.75, 3.05) is 31.2 Å². The zero-order valence-corrected chi connectivity index (χ0v) is 17.2. The number of halogens is 1. The maximum atomic E-state index is 13.2. The molecule has 0 amide bonds. The fourth-order valence-corrected chi connectivity index (χ4v) is 6.37. The van der Waals surface area contributed by atoms with Crippen molar-refractivity contribution in [1.82, 2.24) is 4.31 Å². The largest absolute Gasteiger partial charge is 0.377 e. The summed E-state index contributed by atoms with van der Waals surface area (Å²) >= 11 is 6.17. The Morgan fingerprint density at radius 3 is 2.62 bits per heavy atom. The predicted octanol–water partition coefficient (Wildman–Crippen LogP) is 3.06. The minimum absolute atomic E-state index is 0.177. The van der Waals surface area contributed by atoms with Crippen LogP contribution in [0.2, 0.25) is 5.02 Å². The van der Waals surface area contributed by atoms with Gasteiger partial charge in [-0.2, -0.15) is 4.31 Å². The number of sulfonamides is 1. The highest BCUT2D eigenvalue weighted by atomic mass is 35.5. The number of nitrogens with zero attached hydrogens (tertiary/aromatic N) is 2. The Labute approximate surface area is 161 Å². The van der Waals surface area contributed by atoms with Crippen LogP contribution in [-0.2, 0) is 21.2 Å². The second-order valence-electron chi connectivity index (χ2n) is 8.79. The maximum absolute atomic E-state index is 13.2. The Kier molecular flexibility index (Phi) is 4.34. The number of aryl methyl sites for hydroxylation is 1. The van der Waals surface area contributed by atoms with Crippen molar-refractivity contribution < 1.29 is 13.2 Å². The van der Waals surface area contributed by atoms with Crippen molar-refractivity contribution in [2.45, 2.75) is 56.4 Å². The summed E-state index contributed by atoms with van der Waals surface area (Å²) in [7, 11) is -3.39. The lowest BCUT2D eigenvalue weighted by Crippen LogP contribution is -2.62. The zero-order valence-electron chi connectivity index (χ0n) is 15.7. The summed E-state index contributed by atoms with van der Waals surface area (Å²) in [4.78, 5) is 2.40. The lowest BCUT2D eigenvalue weighted by Gasteiger charge is -2.46. The molecule has 0 radical (unpaired) electrons. The molecule has 5 nitrogen and oxygen atoms in total. The van der Waals surface area contributed by atoms with E-state index < -0.39 is 14.8 Å². The molecular weight excluding hydrogens is 372 g/mol. The van der Waals surface area contributed by atoms with E-state index in [1.165, 1.54) is 11.3 Å². The predicted molar refractivity (Wildman–Crippen MR) is 104 cm³/mol. The highest BCUT2D eigenvalue weighted by Crippen LogP contribution is 2.44. The molecule has 3 aliphatic rings. The van der Waals surface area contributed by atoms with Gasteiger partial charge in [0.25, 0.3) is 0 Å². The van der Waals surface area contributed by atoms with Crippen molar-refractivity contribution in [2.24, 2.45) is 0 Å². The molecule has 7 heteroatoms. The van der Waals surface area contributed by atoms with Crippen LogP contribution in [0.4, 0.5) is 5.69 Å². The molecule has 3 heterocycles. The van der Waals surface area contributed by atoms with Crippen LogP contribution >= 0.6 is 11.6 Å². The molecule has 1 unspecified atom stereocenters.